The zero-order valence-corrected chi connectivity index (χ0v) is 35.8. The van der Waals surface area contributed by atoms with Crippen molar-refractivity contribution in [3.05, 3.63) is 261 Å². The lowest BCUT2D eigenvalue weighted by Gasteiger charge is -2.29. The first-order chi connectivity index (χ1) is 32.2. The van der Waals surface area contributed by atoms with Crippen LogP contribution in [0.2, 0.25) is 0 Å². The molecule has 0 N–H and O–H groups in total. The Kier molecular flexibility index (Phi) is 9.58. The number of fused-ring (bicyclic) bond motifs is 5. The molecule has 0 aliphatic rings. The van der Waals surface area contributed by atoms with E-state index in [1.165, 1.54) is 93.2 Å². The van der Waals surface area contributed by atoms with Gasteiger partial charge >= 0.3 is 0 Å². The second-order valence-electron chi connectivity index (χ2n) is 16.8. The Balaban J connectivity index is 1.00. The molecule has 1 nitrogen and oxygen atoms in total. The van der Waals surface area contributed by atoms with Crippen LogP contribution in [0.25, 0.3) is 98.7 Å². The standard InChI is InChI=1S/C64H43N/c1-2-14-48(15-3-1)60-41-36-52(58-27-13-20-47-17-5-8-22-56(47)58)43-64(60)65(54-39-34-50(35-40-54)63-42-51-18-6-9-23-59(51)61-24-10-11-25-62(61)63)53-37-32-45(33-38-53)44-28-30-49(31-29-44)57-26-12-19-46-16-4-7-21-55(46)57/h1-43H. The highest BCUT2D eigenvalue weighted by Crippen LogP contribution is 2.45. The van der Waals surface area contributed by atoms with E-state index in [9.17, 15) is 0 Å². The number of hydrogen-bond donors (Lipinski definition) is 0. The van der Waals surface area contributed by atoms with Crippen LogP contribution in [0.4, 0.5) is 17.1 Å². The van der Waals surface area contributed by atoms with Crippen LogP contribution in [-0.4, -0.2) is 0 Å². The van der Waals surface area contributed by atoms with Crippen molar-refractivity contribution in [2.75, 3.05) is 4.90 Å². The molecule has 65 heavy (non-hydrogen) atoms. The molecule has 0 unspecified atom stereocenters. The van der Waals surface area contributed by atoms with Crippen molar-refractivity contribution in [1.29, 1.82) is 0 Å². The van der Waals surface area contributed by atoms with Crippen LogP contribution in [0.1, 0.15) is 0 Å². The van der Waals surface area contributed by atoms with Gasteiger partial charge in [-0.05, 0) is 130 Å². The minimum atomic E-state index is 1.08. The number of anilines is 3. The minimum absolute atomic E-state index is 1.08. The molecule has 0 aliphatic carbocycles. The highest BCUT2D eigenvalue weighted by Gasteiger charge is 2.20. The van der Waals surface area contributed by atoms with Crippen LogP contribution in [0.15, 0.2) is 261 Å². The van der Waals surface area contributed by atoms with Gasteiger partial charge in [0.25, 0.3) is 0 Å². The Morgan fingerprint density at radius 3 is 1.25 bits per heavy atom. The van der Waals surface area contributed by atoms with Crippen molar-refractivity contribution in [2.24, 2.45) is 0 Å². The van der Waals surface area contributed by atoms with E-state index in [0.29, 0.717) is 0 Å². The van der Waals surface area contributed by atoms with Gasteiger partial charge in [-0.3, -0.25) is 0 Å². The second kappa shape index (κ2) is 16.3. The quantitative estimate of drug-likeness (QED) is 0.138. The summed E-state index contributed by atoms with van der Waals surface area (Å²) in [7, 11) is 0. The van der Waals surface area contributed by atoms with E-state index < -0.39 is 0 Å². The molecule has 1 heteroatoms. The lowest BCUT2D eigenvalue weighted by molar-refractivity contribution is 1.28. The van der Waals surface area contributed by atoms with Crippen LogP contribution < -0.4 is 4.90 Å². The van der Waals surface area contributed by atoms with E-state index in [1.807, 2.05) is 0 Å². The van der Waals surface area contributed by atoms with E-state index in [0.717, 1.165) is 22.6 Å². The molecule has 0 spiro atoms. The maximum absolute atomic E-state index is 2.44. The van der Waals surface area contributed by atoms with Crippen LogP contribution in [-0.2, 0) is 0 Å². The fraction of sp³-hybridized carbons (Fsp3) is 0. The fourth-order valence-corrected chi connectivity index (χ4v) is 9.86. The Labute approximate surface area is 379 Å². The summed E-state index contributed by atoms with van der Waals surface area (Å²) in [5.74, 6) is 0. The van der Waals surface area contributed by atoms with Crippen molar-refractivity contribution < 1.29 is 0 Å². The van der Waals surface area contributed by atoms with Crippen molar-refractivity contribution in [1.82, 2.24) is 0 Å². The number of rotatable bonds is 8. The monoisotopic (exact) mass is 825 g/mol. The van der Waals surface area contributed by atoms with Gasteiger partial charge in [0.05, 0.1) is 5.69 Å². The van der Waals surface area contributed by atoms with Crippen LogP contribution in [0.5, 0.6) is 0 Å². The molecule has 12 rings (SSSR count). The largest absolute Gasteiger partial charge is 0.310 e. The molecule has 0 saturated heterocycles. The first-order valence-electron chi connectivity index (χ1n) is 22.4. The zero-order valence-electron chi connectivity index (χ0n) is 35.8. The zero-order chi connectivity index (χ0) is 43.1. The molecule has 0 amide bonds. The van der Waals surface area contributed by atoms with Gasteiger partial charge in [0.2, 0.25) is 0 Å². The van der Waals surface area contributed by atoms with Crippen molar-refractivity contribution in [2.45, 2.75) is 0 Å². The summed E-state index contributed by atoms with van der Waals surface area (Å²) in [4.78, 5) is 2.44. The molecule has 0 atom stereocenters. The molecule has 0 heterocycles. The van der Waals surface area contributed by atoms with Gasteiger partial charge in [-0.2, -0.15) is 0 Å². The Morgan fingerprint density at radius 2 is 0.615 bits per heavy atom. The molecule has 304 valence electrons. The maximum Gasteiger partial charge on any atom is 0.0546 e. The lowest BCUT2D eigenvalue weighted by Crippen LogP contribution is -2.11. The summed E-state index contributed by atoms with van der Waals surface area (Å²) >= 11 is 0. The summed E-state index contributed by atoms with van der Waals surface area (Å²) in [5.41, 5.74) is 15.2. The molecule has 0 aliphatic heterocycles. The van der Waals surface area contributed by atoms with E-state index in [-0.39, 0.29) is 0 Å². The molecular weight excluding hydrogens is 783 g/mol. The first kappa shape index (κ1) is 38.2. The molecule has 0 aromatic heterocycles. The average molecular weight is 826 g/mol. The summed E-state index contributed by atoms with van der Waals surface area (Å²) in [5, 5.41) is 10.0. The third kappa shape index (κ3) is 7.01. The summed E-state index contributed by atoms with van der Waals surface area (Å²) in [6.45, 7) is 0. The van der Waals surface area contributed by atoms with Crippen molar-refractivity contribution in [3.63, 3.8) is 0 Å². The van der Waals surface area contributed by atoms with Crippen molar-refractivity contribution in [3.8, 4) is 55.6 Å². The van der Waals surface area contributed by atoms with E-state index in [2.05, 4.69) is 266 Å². The topological polar surface area (TPSA) is 3.24 Å². The Bertz CT molecular complexity index is 3670. The van der Waals surface area contributed by atoms with Gasteiger partial charge in [0.1, 0.15) is 0 Å². The van der Waals surface area contributed by atoms with Gasteiger partial charge in [-0.1, -0.05) is 224 Å². The molecule has 12 aromatic carbocycles. The van der Waals surface area contributed by atoms with Crippen LogP contribution in [0.3, 0.4) is 0 Å². The van der Waals surface area contributed by atoms with Crippen molar-refractivity contribution >= 4 is 60.2 Å². The third-order valence-corrected chi connectivity index (χ3v) is 13.1. The fourth-order valence-electron chi connectivity index (χ4n) is 9.86. The molecule has 0 fully saturated rings. The Morgan fingerprint density at radius 1 is 0.200 bits per heavy atom. The number of hydrogen-bond acceptors (Lipinski definition) is 1. The third-order valence-electron chi connectivity index (χ3n) is 13.1. The predicted molar refractivity (Wildman–Crippen MR) is 278 cm³/mol. The average Bonchev–Trinajstić information content (AvgIpc) is 3.39. The highest BCUT2D eigenvalue weighted by atomic mass is 15.1. The van der Waals surface area contributed by atoms with E-state index in [4.69, 9.17) is 0 Å². The summed E-state index contributed by atoms with van der Waals surface area (Å²) < 4.78 is 0. The summed E-state index contributed by atoms with van der Waals surface area (Å²) in [6.07, 6.45) is 0. The van der Waals surface area contributed by atoms with Gasteiger partial charge in [0, 0.05) is 16.9 Å². The van der Waals surface area contributed by atoms with Crippen LogP contribution in [0, 0.1) is 0 Å². The number of benzene rings is 12. The molecule has 0 bridgehead atoms. The van der Waals surface area contributed by atoms with Crippen LogP contribution >= 0.6 is 0 Å². The SMILES string of the molecule is c1ccc(-c2ccc(-c3cccc4ccccc34)cc2N(c2ccc(-c3ccc(-c4cccc5ccccc45)cc3)cc2)c2ccc(-c3cc4ccccc4c4ccccc34)cc2)cc1. The van der Waals surface area contributed by atoms with Gasteiger partial charge in [-0.15, -0.1) is 0 Å². The normalized spacial score (nSPS) is 11.4. The van der Waals surface area contributed by atoms with E-state index in [1.54, 1.807) is 0 Å². The second-order valence-corrected chi connectivity index (χ2v) is 16.8. The van der Waals surface area contributed by atoms with Gasteiger partial charge < -0.3 is 4.90 Å². The molecule has 12 aromatic rings. The minimum Gasteiger partial charge on any atom is -0.310 e. The molecule has 0 saturated carbocycles. The smallest absolute Gasteiger partial charge is 0.0546 e. The number of nitrogens with zero attached hydrogens (tertiary/aromatic N) is 1. The van der Waals surface area contributed by atoms with Gasteiger partial charge in [0.15, 0.2) is 0 Å². The Hall–Kier alpha value is -8.52. The van der Waals surface area contributed by atoms with Gasteiger partial charge in [-0.25, -0.2) is 0 Å². The summed E-state index contributed by atoms with van der Waals surface area (Å²) in [6, 6.07) is 95.3. The molecule has 0 radical (unpaired) electrons. The first-order valence-corrected chi connectivity index (χ1v) is 22.4. The lowest BCUT2D eigenvalue weighted by atomic mass is 9.92. The molecular formula is C64H43N. The maximum atomic E-state index is 2.44. The predicted octanol–water partition coefficient (Wildman–Crippen LogP) is 18.1. The van der Waals surface area contributed by atoms with E-state index >= 15 is 0 Å². The highest BCUT2D eigenvalue weighted by molar-refractivity contribution is 6.14.